The third kappa shape index (κ3) is 2.88. The number of halogens is 1. The van der Waals surface area contributed by atoms with Crippen molar-refractivity contribution in [3.05, 3.63) is 40.1 Å². The van der Waals surface area contributed by atoms with Crippen molar-refractivity contribution in [3.63, 3.8) is 0 Å². The van der Waals surface area contributed by atoms with Gasteiger partial charge in [0.2, 0.25) is 0 Å². The fraction of sp³-hybridized carbons (Fsp3) is 0.412. The van der Waals surface area contributed by atoms with Gasteiger partial charge in [0.05, 0.1) is 16.7 Å². The van der Waals surface area contributed by atoms with Gasteiger partial charge in [-0.15, -0.1) is 0 Å². The molecule has 1 saturated carbocycles. The van der Waals surface area contributed by atoms with Crippen molar-refractivity contribution in [2.45, 2.75) is 24.9 Å². The van der Waals surface area contributed by atoms with E-state index in [0.29, 0.717) is 30.5 Å². The van der Waals surface area contributed by atoms with Crippen LogP contribution in [-0.4, -0.2) is 47.3 Å². The molecule has 1 atom stereocenters. The molecule has 24 heavy (non-hydrogen) atoms. The number of hydrogen-bond acceptors (Lipinski definition) is 4. The van der Waals surface area contributed by atoms with Gasteiger partial charge in [-0.1, -0.05) is 12.1 Å². The molecular weight excluding hydrogens is 374 g/mol. The average Bonchev–Trinajstić information content (AvgIpc) is 3.36. The predicted octanol–water partition coefficient (Wildman–Crippen LogP) is 2.96. The first-order valence-corrected chi connectivity index (χ1v) is 8.80. The number of nitrogens with one attached hydrogen (secondary N) is 1. The van der Waals surface area contributed by atoms with Gasteiger partial charge < -0.3 is 14.4 Å². The Labute approximate surface area is 148 Å². The number of rotatable bonds is 4. The number of hydrogen-bond donors (Lipinski definition) is 1. The Bertz CT molecular complexity index is 772. The summed E-state index contributed by atoms with van der Waals surface area (Å²) in [6.45, 7) is 0.856. The van der Waals surface area contributed by atoms with E-state index in [-0.39, 0.29) is 12.0 Å². The van der Waals surface area contributed by atoms with Crippen LogP contribution in [0.4, 0.5) is 0 Å². The SMILES string of the molecule is CN(C[C@@H]1COc2ccccc2O1)C(=O)c1n[nH]c(C2CC2)c1Br. The minimum atomic E-state index is -0.200. The van der Waals surface area contributed by atoms with E-state index < -0.39 is 0 Å². The Balaban J connectivity index is 1.43. The molecule has 7 heteroatoms. The quantitative estimate of drug-likeness (QED) is 0.869. The summed E-state index contributed by atoms with van der Waals surface area (Å²) in [7, 11) is 1.75. The fourth-order valence-electron chi connectivity index (χ4n) is 2.85. The maximum Gasteiger partial charge on any atom is 0.275 e. The van der Waals surface area contributed by atoms with Crippen molar-refractivity contribution in [2.24, 2.45) is 0 Å². The van der Waals surface area contributed by atoms with Crippen LogP contribution in [0.15, 0.2) is 28.7 Å². The Morgan fingerprint density at radius 1 is 1.38 bits per heavy atom. The minimum absolute atomic E-state index is 0.132. The third-order valence-corrected chi connectivity index (χ3v) is 5.12. The molecule has 1 N–H and O–H groups in total. The molecule has 1 amide bonds. The normalized spacial score (nSPS) is 19.2. The second-order valence-electron chi connectivity index (χ2n) is 6.26. The van der Waals surface area contributed by atoms with E-state index >= 15 is 0 Å². The summed E-state index contributed by atoms with van der Waals surface area (Å²) in [6.07, 6.45) is 2.10. The highest BCUT2D eigenvalue weighted by atomic mass is 79.9. The van der Waals surface area contributed by atoms with E-state index in [2.05, 4.69) is 26.1 Å². The van der Waals surface area contributed by atoms with Gasteiger partial charge in [-0.05, 0) is 40.9 Å². The van der Waals surface area contributed by atoms with Gasteiger partial charge >= 0.3 is 0 Å². The van der Waals surface area contributed by atoms with Crippen molar-refractivity contribution >= 4 is 21.8 Å². The van der Waals surface area contributed by atoms with E-state index in [1.54, 1.807) is 11.9 Å². The van der Waals surface area contributed by atoms with Crippen LogP contribution in [-0.2, 0) is 0 Å². The maximum absolute atomic E-state index is 12.7. The molecule has 2 aromatic rings. The highest BCUT2D eigenvalue weighted by Gasteiger charge is 2.32. The second-order valence-corrected chi connectivity index (χ2v) is 7.05. The smallest absolute Gasteiger partial charge is 0.275 e. The number of carbonyl (C=O) groups excluding carboxylic acids is 1. The molecular formula is C17H18BrN3O3. The molecule has 0 unspecified atom stereocenters. The Morgan fingerprint density at radius 2 is 2.12 bits per heavy atom. The zero-order valence-corrected chi connectivity index (χ0v) is 14.9. The summed E-state index contributed by atoms with van der Waals surface area (Å²) in [6, 6.07) is 7.56. The van der Waals surface area contributed by atoms with Crippen LogP contribution in [0.5, 0.6) is 11.5 Å². The molecule has 2 aliphatic rings. The van der Waals surface area contributed by atoms with Crippen LogP contribution >= 0.6 is 15.9 Å². The number of para-hydroxylation sites is 2. The number of nitrogens with zero attached hydrogens (tertiary/aromatic N) is 2. The first kappa shape index (κ1) is 15.5. The molecule has 1 fully saturated rings. The Hall–Kier alpha value is -2.02. The van der Waals surface area contributed by atoms with Crippen LogP contribution < -0.4 is 9.47 Å². The Kier molecular flexibility index (Phi) is 3.96. The predicted molar refractivity (Wildman–Crippen MR) is 91.6 cm³/mol. The fourth-order valence-corrected chi connectivity index (χ4v) is 3.52. The van der Waals surface area contributed by atoms with E-state index in [1.807, 2.05) is 24.3 Å². The van der Waals surface area contributed by atoms with Gasteiger partial charge in [0, 0.05) is 13.0 Å². The van der Waals surface area contributed by atoms with Crippen LogP contribution in [0.2, 0.25) is 0 Å². The largest absolute Gasteiger partial charge is 0.486 e. The van der Waals surface area contributed by atoms with Crippen molar-refractivity contribution in [1.29, 1.82) is 0 Å². The van der Waals surface area contributed by atoms with Gasteiger partial charge in [-0.2, -0.15) is 5.10 Å². The van der Waals surface area contributed by atoms with Crippen LogP contribution in [0.3, 0.4) is 0 Å². The van der Waals surface area contributed by atoms with Crippen molar-refractivity contribution in [2.75, 3.05) is 20.2 Å². The van der Waals surface area contributed by atoms with Crippen LogP contribution in [0, 0.1) is 0 Å². The Morgan fingerprint density at radius 3 is 2.88 bits per heavy atom. The van der Waals surface area contributed by atoms with Gasteiger partial charge in [0.1, 0.15) is 6.61 Å². The van der Waals surface area contributed by atoms with Gasteiger partial charge in [0.25, 0.3) is 5.91 Å². The van der Waals surface area contributed by atoms with E-state index in [4.69, 9.17) is 9.47 Å². The van der Waals surface area contributed by atoms with Crippen molar-refractivity contribution in [1.82, 2.24) is 15.1 Å². The molecule has 1 aliphatic carbocycles. The summed E-state index contributed by atoms with van der Waals surface area (Å²) >= 11 is 3.51. The topological polar surface area (TPSA) is 67.5 Å². The molecule has 0 radical (unpaired) electrons. The van der Waals surface area contributed by atoms with Crippen molar-refractivity contribution < 1.29 is 14.3 Å². The number of fused-ring (bicyclic) bond motifs is 1. The van der Waals surface area contributed by atoms with Crippen LogP contribution in [0.25, 0.3) is 0 Å². The molecule has 0 spiro atoms. The number of ether oxygens (including phenoxy) is 2. The first-order valence-electron chi connectivity index (χ1n) is 8.01. The van der Waals surface area contributed by atoms with E-state index in [9.17, 15) is 4.79 Å². The molecule has 4 rings (SSSR count). The molecule has 0 saturated heterocycles. The molecule has 1 aromatic heterocycles. The number of aromatic nitrogens is 2. The highest BCUT2D eigenvalue weighted by molar-refractivity contribution is 9.10. The first-order chi connectivity index (χ1) is 11.6. The van der Waals surface area contributed by atoms with Gasteiger partial charge in [-0.25, -0.2) is 0 Å². The third-order valence-electron chi connectivity index (χ3n) is 4.31. The molecule has 6 nitrogen and oxygen atoms in total. The molecule has 2 heterocycles. The lowest BCUT2D eigenvalue weighted by molar-refractivity contribution is 0.0517. The highest BCUT2D eigenvalue weighted by Crippen LogP contribution is 2.43. The lowest BCUT2D eigenvalue weighted by Crippen LogP contribution is -2.42. The summed E-state index contributed by atoms with van der Waals surface area (Å²) < 4.78 is 12.4. The van der Waals surface area contributed by atoms with Gasteiger partial charge in [0.15, 0.2) is 23.3 Å². The molecule has 1 aromatic carbocycles. The molecule has 1 aliphatic heterocycles. The summed E-state index contributed by atoms with van der Waals surface area (Å²) in [5.41, 5.74) is 1.45. The van der Waals surface area contributed by atoms with Crippen molar-refractivity contribution in [3.8, 4) is 11.5 Å². The number of likely N-dealkylation sites (N-methyl/N-ethyl adjacent to an activating group) is 1. The summed E-state index contributed by atoms with van der Waals surface area (Å²) in [5, 5.41) is 7.18. The number of H-pyrrole nitrogens is 1. The number of carbonyl (C=O) groups is 1. The summed E-state index contributed by atoms with van der Waals surface area (Å²) in [5.74, 6) is 1.83. The monoisotopic (exact) mass is 391 g/mol. The lowest BCUT2D eigenvalue weighted by atomic mass is 10.2. The standard InChI is InChI=1S/C17H18BrN3O3/c1-21(8-11-9-23-12-4-2-3-5-13(12)24-11)17(22)16-14(18)15(19-20-16)10-6-7-10/h2-5,10-11H,6-9H2,1H3,(H,19,20)/t11-/m1/s1. The molecule has 126 valence electrons. The zero-order valence-electron chi connectivity index (χ0n) is 13.3. The second kappa shape index (κ2) is 6.12. The average molecular weight is 392 g/mol. The molecule has 0 bridgehead atoms. The van der Waals surface area contributed by atoms with Crippen LogP contribution in [0.1, 0.15) is 34.9 Å². The number of benzene rings is 1. The van der Waals surface area contributed by atoms with Gasteiger partial charge in [-0.3, -0.25) is 9.89 Å². The van der Waals surface area contributed by atoms with E-state index in [0.717, 1.165) is 28.8 Å². The summed E-state index contributed by atoms with van der Waals surface area (Å²) in [4.78, 5) is 14.3. The minimum Gasteiger partial charge on any atom is -0.486 e. The lowest BCUT2D eigenvalue weighted by Gasteiger charge is -2.29. The number of amides is 1. The maximum atomic E-state index is 12.7. The number of aromatic amines is 1. The zero-order chi connectivity index (χ0) is 16.7. The van der Waals surface area contributed by atoms with E-state index in [1.165, 1.54) is 0 Å².